The first-order valence-electron chi connectivity index (χ1n) is 8.29. The molecule has 0 aliphatic carbocycles. The molecule has 0 radical (unpaired) electrons. The Balaban J connectivity index is 2.60. The van der Waals surface area contributed by atoms with Gasteiger partial charge in [-0.3, -0.25) is 0 Å². The molecule has 158 valence electrons. The minimum atomic E-state index is -5.48. The average Bonchev–Trinajstić information content (AvgIpc) is 2.60. The van der Waals surface area contributed by atoms with E-state index in [2.05, 4.69) is 4.74 Å². The molecular formula is C18H18F4N2O4S. The highest BCUT2D eigenvalue weighted by molar-refractivity contribution is 7.89. The number of sulfonamides is 1. The van der Waals surface area contributed by atoms with Crippen molar-refractivity contribution in [3.8, 4) is 0 Å². The Morgan fingerprint density at radius 1 is 1.10 bits per heavy atom. The number of hydrogen-bond donors (Lipinski definition) is 2. The van der Waals surface area contributed by atoms with Crippen LogP contribution in [0.4, 0.5) is 23.2 Å². The molecule has 0 aliphatic heterocycles. The van der Waals surface area contributed by atoms with Crippen molar-refractivity contribution in [3.63, 3.8) is 0 Å². The molecule has 0 saturated heterocycles. The number of hydrogen-bond acceptors (Lipinski definition) is 5. The number of anilines is 1. The number of halogens is 4. The number of alkyl halides is 3. The second-order valence-corrected chi connectivity index (χ2v) is 7.70. The average molecular weight is 434 g/mol. The van der Waals surface area contributed by atoms with Crippen LogP contribution in [-0.4, -0.2) is 32.8 Å². The molecule has 29 heavy (non-hydrogen) atoms. The van der Waals surface area contributed by atoms with Gasteiger partial charge in [-0.25, -0.2) is 17.6 Å². The predicted octanol–water partition coefficient (Wildman–Crippen LogP) is 3.35. The summed E-state index contributed by atoms with van der Waals surface area (Å²) in [5.74, 6) is -2.83. The van der Waals surface area contributed by atoms with Crippen LogP contribution in [-0.2, 0) is 19.6 Å². The van der Waals surface area contributed by atoms with Crippen molar-refractivity contribution in [2.24, 2.45) is 0 Å². The lowest BCUT2D eigenvalue weighted by Crippen LogP contribution is -2.69. The monoisotopic (exact) mass is 434 g/mol. The molecule has 1 atom stereocenters. The van der Waals surface area contributed by atoms with Crippen molar-refractivity contribution in [1.29, 1.82) is 0 Å². The molecule has 2 N–H and O–H groups in total. The van der Waals surface area contributed by atoms with Gasteiger partial charge in [0.05, 0.1) is 11.5 Å². The van der Waals surface area contributed by atoms with Crippen LogP contribution in [0.2, 0.25) is 0 Å². The van der Waals surface area contributed by atoms with E-state index in [1.54, 1.807) is 12.2 Å². The second-order valence-electron chi connectivity index (χ2n) is 6.02. The van der Waals surface area contributed by atoms with Crippen LogP contribution in [0.15, 0.2) is 53.4 Å². The molecule has 0 amide bonds. The summed E-state index contributed by atoms with van der Waals surface area (Å²) in [7, 11) is -4.84. The molecule has 2 aromatic carbocycles. The number of benzene rings is 2. The molecule has 0 aliphatic rings. The maximum absolute atomic E-state index is 14.1. The zero-order chi connectivity index (χ0) is 21.9. The highest BCUT2D eigenvalue weighted by atomic mass is 32.2. The van der Waals surface area contributed by atoms with Gasteiger partial charge in [-0.15, -0.1) is 0 Å². The zero-order valence-corrected chi connectivity index (χ0v) is 16.2. The quantitative estimate of drug-likeness (QED) is 0.397. The predicted molar refractivity (Wildman–Crippen MR) is 96.9 cm³/mol. The standard InChI is InChI=1S/C18H18F4N2O4S/c1-3-28-16(25)17(18(20,21)22,23-14-6-4-5-13(19)11-14)24-29(26,27)15-9-7-12(2)8-10-15/h4-11,23-24H,3H2,1-2H3/t17-/m1/s1. The van der Waals surface area contributed by atoms with Crippen molar-refractivity contribution >= 4 is 21.7 Å². The molecule has 0 unspecified atom stereocenters. The first-order chi connectivity index (χ1) is 13.4. The molecule has 0 spiro atoms. The third kappa shape index (κ3) is 5.04. The van der Waals surface area contributed by atoms with E-state index in [1.807, 2.05) is 0 Å². The molecule has 2 rings (SSSR count). The highest BCUT2D eigenvalue weighted by Crippen LogP contribution is 2.34. The Kier molecular flexibility index (Phi) is 6.53. The van der Waals surface area contributed by atoms with Gasteiger partial charge < -0.3 is 10.1 Å². The van der Waals surface area contributed by atoms with Crippen molar-refractivity contribution in [2.75, 3.05) is 11.9 Å². The number of esters is 1. The van der Waals surface area contributed by atoms with Crippen LogP contribution < -0.4 is 10.0 Å². The van der Waals surface area contributed by atoms with E-state index in [0.717, 1.165) is 30.3 Å². The minimum Gasteiger partial charge on any atom is -0.463 e. The van der Waals surface area contributed by atoms with Gasteiger partial charge in [-0.1, -0.05) is 23.8 Å². The van der Waals surface area contributed by atoms with Crippen molar-refractivity contribution in [2.45, 2.75) is 30.6 Å². The third-order valence-corrected chi connectivity index (χ3v) is 5.25. The number of rotatable bonds is 7. The lowest BCUT2D eigenvalue weighted by Gasteiger charge is -2.35. The summed E-state index contributed by atoms with van der Waals surface area (Å²) in [6.45, 7) is 2.47. The SMILES string of the molecule is CCOC(=O)[C@@](Nc1cccc(F)c1)(NS(=O)(=O)c1ccc(C)cc1)C(F)(F)F. The Hall–Kier alpha value is -2.66. The fourth-order valence-corrected chi connectivity index (χ4v) is 3.63. The fraction of sp³-hybridized carbons (Fsp3) is 0.278. The fourth-order valence-electron chi connectivity index (χ4n) is 2.36. The molecular weight excluding hydrogens is 416 g/mol. The molecule has 0 saturated carbocycles. The lowest BCUT2D eigenvalue weighted by molar-refractivity contribution is -0.202. The topological polar surface area (TPSA) is 84.5 Å². The first-order valence-corrected chi connectivity index (χ1v) is 9.78. The Morgan fingerprint density at radius 2 is 1.72 bits per heavy atom. The van der Waals surface area contributed by atoms with Crippen LogP contribution in [0.3, 0.4) is 0 Å². The van der Waals surface area contributed by atoms with E-state index in [9.17, 15) is 30.8 Å². The van der Waals surface area contributed by atoms with Gasteiger partial charge in [-0.2, -0.15) is 17.9 Å². The van der Waals surface area contributed by atoms with E-state index in [4.69, 9.17) is 0 Å². The number of carbonyl (C=O) groups excluding carboxylic acids is 1. The van der Waals surface area contributed by atoms with Crippen LogP contribution in [0, 0.1) is 12.7 Å². The first kappa shape index (κ1) is 22.6. The second kappa shape index (κ2) is 8.37. The summed E-state index contributed by atoms with van der Waals surface area (Å²) in [5, 5.41) is 1.77. The van der Waals surface area contributed by atoms with Crippen LogP contribution in [0.5, 0.6) is 0 Å². The van der Waals surface area contributed by atoms with Crippen molar-refractivity contribution < 1.29 is 35.5 Å². The summed E-state index contributed by atoms with van der Waals surface area (Å²) in [4.78, 5) is 11.8. The van der Waals surface area contributed by atoms with Gasteiger partial charge in [0.25, 0.3) is 5.66 Å². The molecule has 0 fully saturated rings. The van der Waals surface area contributed by atoms with E-state index in [0.29, 0.717) is 11.6 Å². The van der Waals surface area contributed by atoms with Gasteiger partial charge in [0, 0.05) is 5.69 Å². The molecule has 0 heterocycles. The number of aryl methyl sites for hydroxylation is 1. The Labute approximate surface area is 164 Å². The molecule has 11 heteroatoms. The van der Waals surface area contributed by atoms with Crippen molar-refractivity contribution in [1.82, 2.24) is 4.72 Å². The number of carbonyl (C=O) groups is 1. The largest absolute Gasteiger partial charge is 0.463 e. The molecule has 0 bridgehead atoms. The summed E-state index contributed by atoms with van der Waals surface area (Å²) in [5.41, 5.74) is -3.70. The maximum atomic E-state index is 14.1. The zero-order valence-electron chi connectivity index (χ0n) is 15.4. The van der Waals surface area contributed by atoms with Crippen LogP contribution in [0.1, 0.15) is 12.5 Å². The van der Waals surface area contributed by atoms with E-state index in [1.165, 1.54) is 23.8 Å². The van der Waals surface area contributed by atoms with Gasteiger partial charge in [0.1, 0.15) is 5.82 Å². The molecule has 2 aromatic rings. The van der Waals surface area contributed by atoms with Gasteiger partial charge in [0.15, 0.2) is 0 Å². The minimum absolute atomic E-state index is 0.451. The normalized spacial score (nSPS) is 14.1. The van der Waals surface area contributed by atoms with Crippen LogP contribution in [0.25, 0.3) is 0 Å². The van der Waals surface area contributed by atoms with Gasteiger partial charge >= 0.3 is 12.1 Å². The van der Waals surface area contributed by atoms with Gasteiger partial charge in [-0.05, 0) is 44.2 Å². The molecule has 0 aromatic heterocycles. The lowest BCUT2D eigenvalue weighted by atomic mass is 10.1. The Bertz CT molecular complexity index is 978. The summed E-state index contributed by atoms with van der Waals surface area (Å²) < 4.78 is 86.8. The summed E-state index contributed by atoms with van der Waals surface area (Å²) in [6.07, 6.45) is -5.48. The Morgan fingerprint density at radius 3 is 2.24 bits per heavy atom. The summed E-state index contributed by atoms with van der Waals surface area (Å²) in [6, 6.07) is 8.74. The van der Waals surface area contributed by atoms with E-state index < -0.39 is 50.8 Å². The summed E-state index contributed by atoms with van der Waals surface area (Å²) >= 11 is 0. The molecule has 6 nitrogen and oxygen atoms in total. The number of ether oxygens (including phenoxy) is 1. The highest BCUT2D eigenvalue weighted by Gasteiger charge is 2.64. The van der Waals surface area contributed by atoms with Gasteiger partial charge in [0.2, 0.25) is 10.0 Å². The third-order valence-electron chi connectivity index (χ3n) is 3.78. The van der Waals surface area contributed by atoms with Crippen molar-refractivity contribution in [3.05, 3.63) is 59.9 Å². The number of nitrogens with one attached hydrogen (secondary N) is 2. The smallest absolute Gasteiger partial charge is 0.437 e. The van der Waals surface area contributed by atoms with E-state index in [-0.39, 0.29) is 0 Å². The maximum Gasteiger partial charge on any atom is 0.437 e. The van der Waals surface area contributed by atoms with Crippen LogP contribution >= 0.6 is 0 Å². The van der Waals surface area contributed by atoms with E-state index >= 15 is 0 Å².